The van der Waals surface area contributed by atoms with E-state index in [1.807, 2.05) is 0 Å². The van der Waals surface area contributed by atoms with Gasteiger partial charge in [-0.05, 0) is 57.2 Å². The van der Waals surface area contributed by atoms with Crippen LogP contribution in [0.15, 0.2) is 0 Å². The van der Waals surface area contributed by atoms with Gasteiger partial charge in [0, 0.05) is 12.6 Å². The molecule has 2 unspecified atom stereocenters. The molecular weight excluding hydrogens is 196 g/mol. The predicted octanol–water partition coefficient (Wildman–Crippen LogP) is 2.50. The summed E-state index contributed by atoms with van der Waals surface area (Å²) in [6.45, 7) is 8.85. The van der Waals surface area contributed by atoms with Crippen LogP contribution in [-0.2, 0) is 0 Å². The summed E-state index contributed by atoms with van der Waals surface area (Å²) in [5.41, 5.74) is 0.495. The van der Waals surface area contributed by atoms with E-state index in [4.69, 9.17) is 0 Å². The van der Waals surface area contributed by atoms with Gasteiger partial charge in [-0.2, -0.15) is 0 Å². The Labute approximate surface area is 101 Å². The number of piperidine rings is 1. The van der Waals surface area contributed by atoms with Crippen LogP contribution in [0.4, 0.5) is 0 Å². The second kappa shape index (κ2) is 5.05. The van der Waals surface area contributed by atoms with E-state index >= 15 is 0 Å². The molecule has 2 heteroatoms. The molecule has 0 aromatic carbocycles. The third kappa shape index (κ3) is 2.60. The molecule has 2 fully saturated rings. The van der Waals surface area contributed by atoms with Gasteiger partial charge in [-0.25, -0.2) is 0 Å². The summed E-state index contributed by atoms with van der Waals surface area (Å²) in [6.07, 6.45) is 7.08. The van der Waals surface area contributed by atoms with Gasteiger partial charge in [0.05, 0.1) is 0 Å². The van der Waals surface area contributed by atoms with Crippen molar-refractivity contribution in [2.75, 3.05) is 26.7 Å². The fourth-order valence-corrected chi connectivity index (χ4v) is 3.81. The van der Waals surface area contributed by atoms with Crippen LogP contribution >= 0.6 is 0 Å². The molecule has 0 spiro atoms. The molecule has 94 valence electrons. The van der Waals surface area contributed by atoms with Crippen LogP contribution in [0.1, 0.15) is 46.0 Å². The molecule has 1 aliphatic heterocycles. The molecule has 2 nitrogen and oxygen atoms in total. The molecule has 1 saturated carbocycles. The maximum atomic E-state index is 3.57. The molecule has 2 atom stereocenters. The van der Waals surface area contributed by atoms with Gasteiger partial charge in [0.15, 0.2) is 0 Å². The Hall–Kier alpha value is -0.0800. The summed E-state index contributed by atoms with van der Waals surface area (Å²) in [4.78, 5) is 2.69. The van der Waals surface area contributed by atoms with Gasteiger partial charge in [-0.3, -0.25) is 0 Å². The van der Waals surface area contributed by atoms with Crippen molar-refractivity contribution in [2.45, 2.75) is 52.0 Å². The lowest BCUT2D eigenvalue weighted by atomic mass is 9.84. The third-order valence-electron chi connectivity index (χ3n) is 4.73. The molecule has 2 aliphatic rings. The van der Waals surface area contributed by atoms with Gasteiger partial charge in [0.25, 0.3) is 0 Å². The summed E-state index contributed by atoms with van der Waals surface area (Å²) >= 11 is 0. The minimum absolute atomic E-state index is 0.495. The standard InChI is InChI=1S/C14H28N2/c1-14(2)8-7-12(13(14)15-3)11-16-9-5-4-6-10-16/h12-13,15H,4-11H2,1-3H3. The van der Waals surface area contributed by atoms with Crippen LogP contribution in [0, 0.1) is 11.3 Å². The van der Waals surface area contributed by atoms with E-state index in [1.165, 1.54) is 51.7 Å². The zero-order valence-electron chi connectivity index (χ0n) is 11.3. The van der Waals surface area contributed by atoms with E-state index in [0.717, 1.165) is 12.0 Å². The van der Waals surface area contributed by atoms with Crippen LogP contribution in [-0.4, -0.2) is 37.6 Å². The molecule has 1 heterocycles. The number of nitrogens with one attached hydrogen (secondary N) is 1. The van der Waals surface area contributed by atoms with Crippen LogP contribution < -0.4 is 5.32 Å². The zero-order valence-corrected chi connectivity index (χ0v) is 11.3. The number of likely N-dealkylation sites (tertiary alicyclic amines) is 1. The SMILES string of the molecule is CNC1C(CN2CCCCC2)CCC1(C)C. The molecule has 2 rings (SSSR count). The summed E-state index contributed by atoms with van der Waals surface area (Å²) < 4.78 is 0. The van der Waals surface area contributed by atoms with Crippen molar-refractivity contribution in [1.82, 2.24) is 10.2 Å². The topological polar surface area (TPSA) is 15.3 Å². The fraction of sp³-hybridized carbons (Fsp3) is 1.00. The highest BCUT2D eigenvalue weighted by molar-refractivity contribution is 4.96. The van der Waals surface area contributed by atoms with Gasteiger partial charge in [-0.15, -0.1) is 0 Å². The molecular formula is C14H28N2. The Balaban J connectivity index is 1.89. The maximum absolute atomic E-state index is 3.57. The highest BCUT2D eigenvalue weighted by Gasteiger charge is 2.41. The Morgan fingerprint density at radius 3 is 2.50 bits per heavy atom. The minimum atomic E-state index is 0.495. The second-order valence-corrected chi connectivity index (χ2v) is 6.41. The van der Waals surface area contributed by atoms with Gasteiger partial charge in [0.2, 0.25) is 0 Å². The first kappa shape index (κ1) is 12.4. The summed E-state index contributed by atoms with van der Waals surface area (Å²) in [5, 5.41) is 3.57. The molecule has 0 radical (unpaired) electrons. The average molecular weight is 224 g/mol. The predicted molar refractivity (Wildman–Crippen MR) is 69.6 cm³/mol. The van der Waals surface area contributed by atoms with Gasteiger partial charge in [-0.1, -0.05) is 20.3 Å². The van der Waals surface area contributed by atoms with Crippen molar-refractivity contribution in [3.63, 3.8) is 0 Å². The number of nitrogens with zero attached hydrogens (tertiary/aromatic N) is 1. The van der Waals surface area contributed by atoms with Crippen molar-refractivity contribution in [1.29, 1.82) is 0 Å². The molecule has 16 heavy (non-hydrogen) atoms. The maximum Gasteiger partial charge on any atom is 0.0156 e. The molecule has 1 aliphatic carbocycles. The lowest BCUT2D eigenvalue weighted by molar-refractivity contribution is 0.167. The average Bonchev–Trinajstić information content (AvgIpc) is 2.55. The number of hydrogen-bond acceptors (Lipinski definition) is 2. The smallest absolute Gasteiger partial charge is 0.0156 e. The Morgan fingerprint density at radius 2 is 1.88 bits per heavy atom. The summed E-state index contributed by atoms with van der Waals surface area (Å²) in [7, 11) is 2.14. The molecule has 0 bridgehead atoms. The minimum Gasteiger partial charge on any atom is -0.316 e. The Kier molecular flexibility index (Phi) is 3.91. The molecule has 0 amide bonds. The first-order chi connectivity index (χ1) is 7.63. The highest BCUT2D eigenvalue weighted by atomic mass is 15.1. The normalized spacial score (nSPS) is 35.4. The molecule has 0 aromatic heterocycles. The van der Waals surface area contributed by atoms with Crippen LogP contribution in [0.5, 0.6) is 0 Å². The van der Waals surface area contributed by atoms with Gasteiger partial charge in [0.1, 0.15) is 0 Å². The number of rotatable bonds is 3. The Morgan fingerprint density at radius 1 is 1.19 bits per heavy atom. The third-order valence-corrected chi connectivity index (χ3v) is 4.73. The van der Waals surface area contributed by atoms with Crippen molar-refractivity contribution < 1.29 is 0 Å². The first-order valence-corrected chi connectivity index (χ1v) is 7.03. The van der Waals surface area contributed by atoms with E-state index in [0.29, 0.717) is 5.41 Å². The highest BCUT2D eigenvalue weighted by Crippen LogP contribution is 2.41. The van der Waals surface area contributed by atoms with Crippen molar-refractivity contribution in [3.8, 4) is 0 Å². The lowest BCUT2D eigenvalue weighted by Crippen LogP contribution is -2.45. The fourth-order valence-electron chi connectivity index (χ4n) is 3.81. The van der Waals surface area contributed by atoms with E-state index < -0.39 is 0 Å². The quantitative estimate of drug-likeness (QED) is 0.792. The molecule has 0 aromatic rings. The van der Waals surface area contributed by atoms with Crippen molar-refractivity contribution >= 4 is 0 Å². The van der Waals surface area contributed by atoms with Crippen LogP contribution in [0.25, 0.3) is 0 Å². The van der Waals surface area contributed by atoms with Gasteiger partial charge < -0.3 is 10.2 Å². The lowest BCUT2D eigenvalue weighted by Gasteiger charge is -2.34. The van der Waals surface area contributed by atoms with Crippen LogP contribution in [0.3, 0.4) is 0 Å². The molecule has 1 saturated heterocycles. The second-order valence-electron chi connectivity index (χ2n) is 6.41. The summed E-state index contributed by atoms with van der Waals surface area (Å²) in [5.74, 6) is 0.873. The van der Waals surface area contributed by atoms with Gasteiger partial charge >= 0.3 is 0 Å². The molecule has 1 N–H and O–H groups in total. The zero-order chi connectivity index (χ0) is 11.6. The van der Waals surface area contributed by atoms with E-state index in [9.17, 15) is 0 Å². The van der Waals surface area contributed by atoms with Crippen molar-refractivity contribution in [2.24, 2.45) is 11.3 Å². The Bertz CT molecular complexity index is 219. The van der Waals surface area contributed by atoms with Crippen LogP contribution in [0.2, 0.25) is 0 Å². The number of hydrogen-bond donors (Lipinski definition) is 1. The largest absolute Gasteiger partial charge is 0.316 e. The van der Waals surface area contributed by atoms with Crippen molar-refractivity contribution in [3.05, 3.63) is 0 Å². The van der Waals surface area contributed by atoms with E-state index in [2.05, 4.69) is 31.1 Å². The van der Waals surface area contributed by atoms with E-state index in [1.54, 1.807) is 0 Å². The monoisotopic (exact) mass is 224 g/mol. The van der Waals surface area contributed by atoms with E-state index in [-0.39, 0.29) is 0 Å². The first-order valence-electron chi connectivity index (χ1n) is 7.03. The summed E-state index contributed by atoms with van der Waals surface area (Å²) in [6, 6.07) is 0.717.